The van der Waals surface area contributed by atoms with Crippen LogP contribution in [0, 0.1) is 28.6 Å². The summed E-state index contributed by atoms with van der Waals surface area (Å²) in [4.78, 5) is 13.4. The van der Waals surface area contributed by atoms with E-state index in [9.17, 15) is 9.90 Å². The third-order valence-electron chi connectivity index (χ3n) is 8.86. The quantitative estimate of drug-likeness (QED) is 0.514. The molecule has 0 aromatic heterocycles. The van der Waals surface area contributed by atoms with E-state index >= 15 is 0 Å². The summed E-state index contributed by atoms with van der Waals surface area (Å²) in [5, 5.41) is 10.2. The second-order valence-corrected chi connectivity index (χ2v) is 10.2. The van der Waals surface area contributed by atoms with Gasteiger partial charge in [-0.2, -0.15) is 0 Å². The molecule has 0 saturated heterocycles. The summed E-state index contributed by atoms with van der Waals surface area (Å²) in [6.07, 6.45) is 11.5. The van der Waals surface area contributed by atoms with Crippen LogP contribution in [0.15, 0.2) is 47.6 Å². The molecule has 0 spiro atoms. The van der Waals surface area contributed by atoms with Gasteiger partial charge >= 0.3 is 0 Å². The lowest BCUT2D eigenvalue weighted by molar-refractivity contribution is -0.130. The molecule has 28 heavy (non-hydrogen) atoms. The van der Waals surface area contributed by atoms with Crippen molar-refractivity contribution in [1.82, 2.24) is 0 Å². The number of carbonyl (C=O) groups is 1. The Morgan fingerprint density at radius 3 is 2.54 bits per heavy atom. The Bertz CT molecular complexity index is 850. The number of aliphatic hydroxyl groups excluding tert-OH is 1. The zero-order valence-corrected chi connectivity index (χ0v) is 17.2. The molecule has 1 aromatic carbocycles. The molecule has 1 N–H and O–H groups in total. The number of hydrogen-bond acceptors (Lipinski definition) is 2. The Labute approximate surface area is 168 Å². The van der Waals surface area contributed by atoms with Crippen molar-refractivity contribution in [3.05, 3.63) is 53.1 Å². The van der Waals surface area contributed by atoms with E-state index in [1.165, 1.54) is 5.57 Å². The van der Waals surface area contributed by atoms with Crippen molar-refractivity contribution in [2.45, 2.75) is 64.9 Å². The molecule has 0 aliphatic heterocycles. The topological polar surface area (TPSA) is 37.3 Å². The number of hydrogen-bond donors (Lipinski definition) is 1. The Morgan fingerprint density at radius 2 is 1.75 bits per heavy atom. The summed E-state index contributed by atoms with van der Waals surface area (Å²) < 4.78 is 0. The normalized spacial score (nSPS) is 43.9. The minimum atomic E-state index is -0.183. The van der Waals surface area contributed by atoms with Crippen LogP contribution in [0.2, 0.25) is 0 Å². The molecule has 0 heterocycles. The number of rotatable bonds is 1. The molecule has 4 aliphatic rings. The summed E-state index contributed by atoms with van der Waals surface area (Å²) in [5.74, 6) is 2.14. The average Bonchev–Trinajstić information content (AvgIpc) is 2.94. The zero-order valence-electron chi connectivity index (χ0n) is 17.2. The van der Waals surface area contributed by atoms with Crippen LogP contribution in [0.3, 0.4) is 0 Å². The van der Waals surface area contributed by atoms with Crippen molar-refractivity contribution < 1.29 is 9.90 Å². The lowest BCUT2D eigenvalue weighted by atomic mass is 9.48. The average molecular weight is 377 g/mol. The molecule has 3 saturated carbocycles. The lowest BCUT2D eigenvalue weighted by Gasteiger charge is -2.56. The number of benzene rings is 1. The van der Waals surface area contributed by atoms with Crippen molar-refractivity contribution in [3.8, 4) is 0 Å². The Kier molecular flexibility index (Phi) is 4.21. The SMILES string of the molecule is C[C@]12CC[C@H](O)CC1=CC[C@H]1[C@H]2CC[C@]2(C)C(=O)C(=Cc3ccccc3)C[C@H]12. The van der Waals surface area contributed by atoms with E-state index in [2.05, 4.69) is 38.1 Å². The molecule has 0 radical (unpaired) electrons. The third kappa shape index (κ3) is 2.60. The number of ketones is 1. The number of aliphatic hydroxyl groups is 1. The number of carbonyl (C=O) groups excluding carboxylic acids is 1. The van der Waals surface area contributed by atoms with Crippen LogP contribution in [0.25, 0.3) is 6.08 Å². The molecule has 1 aromatic rings. The molecule has 0 bridgehead atoms. The maximum Gasteiger partial charge on any atom is 0.165 e. The highest BCUT2D eigenvalue weighted by Crippen LogP contribution is 2.64. The van der Waals surface area contributed by atoms with Crippen LogP contribution >= 0.6 is 0 Å². The summed E-state index contributed by atoms with van der Waals surface area (Å²) in [6.45, 7) is 4.69. The van der Waals surface area contributed by atoms with E-state index in [4.69, 9.17) is 0 Å². The van der Waals surface area contributed by atoms with E-state index in [1.807, 2.05) is 18.2 Å². The molecule has 5 rings (SSSR count). The first-order valence-electron chi connectivity index (χ1n) is 11.1. The highest BCUT2D eigenvalue weighted by atomic mass is 16.3. The molecule has 148 valence electrons. The predicted molar refractivity (Wildman–Crippen MR) is 113 cm³/mol. The molecule has 0 unspecified atom stereocenters. The second-order valence-electron chi connectivity index (χ2n) is 10.2. The number of fused-ring (bicyclic) bond motifs is 5. The van der Waals surface area contributed by atoms with Gasteiger partial charge in [-0.25, -0.2) is 0 Å². The van der Waals surface area contributed by atoms with Gasteiger partial charge in [0.1, 0.15) is 0 Å². The fourth-order valence-corrected chi connectivity index (χ4v) is 7.19. The Balaban J connectivity index is 1.48. The van der Waals surface area contributed by atoms with Crippen molar-refractivity contribution in [3.63, 3.8) is 0 Å². The minimum Gasteiger partial charge on any atom is -0.393 e. The summed E-state index contributed by atoms with van der Waals surface area (Å²) in [5.41, 5.74) is 3.73. The summed E-state index contributed by atoms with van der Waals surface area (Å²) >= 11 is 0. The van der Waals surface area contributed by atoms with Gasteiger partial charge in [0.25, 0.3) is 0 Å². The van der Waals surface area contributed by atoms with Crippen molar-refractivity contribution in [2.24, 2.45) is 28.6 Å². The van der Waals surface area contributed by atoms with Gasteiger partial charge in [0.05, 0.1) is 6.10 Å². The van der Waals surface area contributed by atoms with Gasteiger partial charge in [0.2, 0.25) is 0 Å². The predicted octanol–water partition coefficient (Wildman–Crippen LogP) is 5.57. The zero-order chi connectivity index (χ0) is 19.5. The van der Waals surface area contributed by atoms with E-state index in [-0.39, 0.29) is 16.9 Å². The molecule has 2 nitrogen and oxygen atoms in total. The summed E-state index contributed by atoms with van der Waals surface area (Å²) in [6, 6.07) is 10.3. The molecule has 6 atom stereocenters. The minimum absolute atomic E-state index is 0.154. The molecule has 0 amide bonds. The first-order valence-corrected chi connectivity index (χ1v) is 11.1. The maximum absolute atomic E-state index is 13.4. The van der Waals surface area contributed by atoms with E-state index < -0.39 is 0 Å². The maximum atomic E-state index is 13.4. The molecular formula is C26H32O2. The van der Waals surface area contributed by atoms with Crippen molar-refractivity contribution in [2.75, 3.05) is 0 Å². The molecule has 2 heteroatoms. The van der Waals surface area contributed by atoms with Crippen LogP contribution in [0.1, 0.15) is 64.4 Å². The number of allylic oxidation sites excluding steroid dienone is 2. The van der Waals surface area contributed by atoms with Gasteiger partial charge in [0.15, 0.2) is 5.78 Å². The van der Waals surface area contributed by atoms with E-state index in [0.717, 1.165) is 56.1 Å². The smallest absolute Gasteiger partial charge is 0.165 e. The first kappa shape index (κ1) is 18.4. The van der Waals surface area contributed by atoms with Crippen LogP contribution in [-0.2, 0) is 4.79 Å². The van der Waals surface area contributed by atoms with Crippen molar-refractivity contribution >= 4 is 11.9 Å². The van der Waals surface area contributed by atoms with Gasteiger partial charge < -0.3 is 5.11 Å². The van der Waals surface area contributed by atoms with Crippen LogP contribution in [-0.4, -0.2) is 17.0 Å². The lowest BCUT2D eigenvalue weighted by Crippen LogP contribution is -2.50. The molecule has 4 aliphatic carbocycles. The van der Waals surface area contributed by atoms with E-state index in [1.54, 1.807) is 0 Å². The standard InChI is InChI=1S/C26H32O2/c1-25-12-10-20(27)16-19(25)8-9-21-22(25)11-13-26(2)23(21)15-18(24(26)28)14-17-6-4-3-5-7-17/h3-8,14,20-23,27H,9-13,15-16H2,1-2H3/t20-,21-,22+,23+,25-,26-/m0/s1. The highest BCUT2D eigenvalue weighted by molar-refractivity contribution is 6.05. The number of Topliss-reactive ketones (excluding diaryl/α,β-unsaturated/α-hetero) is 1. The Hall–Kier alpha value is -1.67. The fourth-order valence-electron chi connectivity index (χ4n) is 7.19. The van der Waals surface area contributed by atoms with Crippen LogP contribution < -0.4 is 0 Å². The first-order chi connectivity index (χ1) is 13.4. The van der Waals surface area contributed by atoms with Crippen molar-refractivity contribution in [1.29, 1.82) is 0 Å². The van der Waals surface area contributed by atoms with Crippen LogP contribution in [0.4, 0.5) is 0 Å². The molecular weight excluding hydrogens is 344 g/mol. The van der Waals surface area contributed by atoms with Gasteiger partial charge in [-0.05, 0) is 85.3 Å². The third-order valence-corrected chi connectivity index (χ3v) is 8.86. The second kappa shape index (κ2) is 6.42. The van der Waals surface area contributed by atoms with Crippen LogP contribution in [0.5, 0.6) is 0 Å². The summed E-state index contributed by atoms with van der Waals surface area (Å²) in [7, 11) is 0. The Morgan fingerprint density at radius 1 is 1.00 bits per heavy atom. The largest absolute Gasteiger partial charge is 0.393 e. The van der Waals surface area contributed by atoms with E-state index in [0.29, 0.717) is 23.5 Å². The van der Waals surface area contributed by atoms with Gasteiger partial charge in [-0.1, -0.05) is 55.8 Å². The molecule has 3 fully saturated rings. The highest BCUT2D eigenvalue weighted by Gasteiger charge is 2.59. The van der Waals surface area contributed by atoms with Gasteiger partial charge in [0, 0.05) is 5.41 Å². The van der Waals surface area contributed by atoms with Gasteiger partial charge in [-0.15, -0.1) is 0 Å². The fraction of sp³-hybridized carbons (Fsp3) is 0.577. The van der Waals surface area contributed by atoms with Gasteiger partial charge in [-0.3, -0.25) is 4.79 Å². The monoisotopic (exact) mass is 376 g/mol.